The summed E-state index contributed by atoms with van der Waals surface area (Å²) in [5.74, 6) is 2.21. The van der Waals surface area contributed by atoms with Gasteiger partial charge in [-0.3, -0.25) is 0 Å². The minimum atomic E-state index is 0.737. The Bertz CT molecular complexity index is 121. The smallest absolute Gasteiger partial charge is 0.0292 e. The van der Waals surface area contributed by atoms with Gasteiger partial charge in [-0.25, -0.2) is 0 Å². The highest BCUT2D eigenvalue weighted by atomic mass is 14.6. The minimum absolute atomic E-state index is 0.737. The van der Waals surface area contributed by atoms with Crippen LogP contribution in [0.25, 0.3) is 0 Å². The molecule has 10 heavy (non-hydrogen) atoms. The highest BCUT2D eigenvalue weighted by Crippen LogP contribution is 2.63. The topological polar surface area (TPSA) is 0 Å². The van der Waals surface area contributed by atoms with Crippen molar-refractivity contribution >= 4 is 0 Å². The van der Waals surface area contributed by atoms with E-state index in [9.17, 15) is 0 Å². The summed E-state index contributed by atoms with van der Waals surface area (Å²) in [4.78, 5) is 0. The van der Waals surface area contributed by atoms with E-state index in [1.54, 1.807) is 0 Å². The number of hydrogen-bond acceptors (Lipinski definition) is 0. The maximum atomic E-state index is 2.45. The van der Waals surface area contributed by atoms with E-state index in [0.717, 1.165) is 17.3 Å². The summed E-state index contributed by atoms with van der Waals surface area (Å²) in [6, 6.07) is 0. The van der Waals surface area contributed by atoms with E-state index < -0.39 is 0 Å². The Labute approximate surface area is 64.0 Å². The summed E-state index contributed by atoms with van der Waals surface area (Å²) in [6.45, 7) is 4.90. The van der Waals surface area contributed by atoms with Crippen molar-refractivity contribution < 1.29 is 0 Å². The van der Waals surface area contributed by atoms with Crippen molar-refractivity contribution in [1.82, 2.24) is 0 Å². The van der Waals surface area contributed by atoms with Gasteiger partial charge in [-0.2, -0.15) is 0 Å². The van der Waals surface area contributed by atoms with Crippen LogP contribution in [0.1, 0.15) is 46.0 Å². The molecule has 0 spiro atoms. The van der Waals surface area contributed by atoms with E-state index >= 15 is 0 Å². The van der Waals surface area contributed by atoms with E-state index in [1.807, 2.05) is 0 Å². The molecule has 2 aliphatic rings. The van der Waals surface area contributed by atoms with Crippen molar-refractivity contribution in [2.75, 3.05) is 0 Å². The normalized spacial score (nSPS) is 43.8. The second kappa shape index (κ2) is 1.99. The molecule has 0 aromatic heterocycles. The zero-order chi connectivity index (χ0) is 7.19. The first-order chi connectivity index (χ1) is 4.73. The molecule has 0 heteroatoms. The quantitative estimate of drug-likeness (QED) is 0.482. The van der Waals surface area contributed by atoms with Gasteiger partial charge in [0.05, 0.1) is 0 Å². The largest absolute Gasteiger partial charge is 0.0594 e. The fourth-order valence-corrected chi connectivity index (χ4v) is 2.91. The molecule has 0 aromatic rings. The summed E-state index contributed by atoms with van der Waals surface area (Å²) < 4.78 is 0. The average molecular weight is 138 g/mol. The van der Waals surface area contributed by atoms with Crippen molar-refractivity contribution in [1.29, 1.82) is 0 Å². The van der Waals surface area contributed by atoms with Crippen molar-refractivity contribution in [3.05, 3.63) is 0 Å². The van der Waals surface area contributed by atoms with Crippen LogP contribution in [0.2, 0.25) is 0 Å². The van der Waals surface area contributed by atoms with Crippen LogP contribution < -0.4 is 0 Å². The van der Waals surface area contributed by atoms with Gasteiger partial charge in [0.15, 0.2) is 0 Å². The Morgan fingerprint density at radius 3 is 1.90 bits per heavy atom. The van der Waals surface area contributed by atoms with Crippen LogP contribution in [0.4, 0.5) is 0 Å². The first-order valence-electron chi connectivity index (χ1n) is 4.73. The molecular weight excluding hydrogens is 120 g/mol. The van der Waals surface area contributed by atoms with Crippen molar-refractivity contribution in [2.45, 2.75) is 46.0 Å². The second-order valence-electron chi connectivity index (χ2n) is 4.67. The van der Waals surface area contributed by atoms with Gasteiger partial charge in [0.25, 0.3) is 0 Å². The molecule has 0 aliphatic heterocycles. The summed E-state index contributed by atoms with van der Waals surface area (Å²) >= 11 is 0. The van der Waals surface area contributed by atoms with Gasteiger partial charge in [-0.15, -0.1) is 0 Å². The van der Waals surface area contributed by atoms with Crippen LogP contribution >= 0.6 is 0 Å². The first-order valence-corrected chi connectivity index (χ1v) is 4.73. The Morgan fingerprint density at radius 1 is 0.900 bits per heavy atom. The van der Waals surface area contributed by atoms with E-state index in [2.05, 4.69) is 13.8 Å². The summed E-state index contributed by atoms with van der Waals surface area (Å²) in [7, 11) is 0. The molecule has 0 aromatic carbocycles. The number of hydrogen-bond donors (Lipinski definition) is 0. The SMILES string of the molecule is CC1(C)C2CCCCCC21. The molecule has 0 bridgehead atoms. The van der Waals surface area contributed by atoms with Crippen LogP contribution in [0.3, 0.4) is 0 Å². The third kappa shape index (κ3) is 0.810. The van der Waals surface area contributed by atoms with E-state index in [0.29, 0.717) is 0 Å². The van der Waals surface area contributed by atoms with Gasteiger partial charge in [-0.05, 0) is 30.1 Å². The lowest BCUT2D eigenvalue weighted by atomic mass is 10.0. The lowest BCUT2D eigenvalue weighted by molar-refractivity contribution is 0.470. The first kappa shape index (κ1) is 6.69. The molecule has 0 amide bonds. The van der Waals surface area contributed by atoms with Crippen LogP contribution in [-0.2, 0) is 0 Å². The highest BCUT2D eigenvalue weighted by Gasteiger charge is 2.56. The van der Waals surface area contributed by atoms with Crippen molar-refractivity contribution in [3.8, 4) is 0 Å². The monoisotopic (exact) mass is 138 g/mol. The predicted octanol–water partition coefficient (Wildman–Crippen LogP) is 3.22. The highest BCUT2D eigenvalue weighted by molar-refractivity contribution is 5.04. The van der Waals surface area contributed by atoms with Crippen LogP contribution in [0.5, 0.6) is 0 Å². The van der Waals surface area contributed by atoms with Gasteiger partial charge in [0, 0.05) is 0 Å². The van der Waals surface area contributed by atoms with E-state index in [-0.39, 0.29) is 0 Å². The van der Waals surface area contributed by atoms with Gasteiger partial charge in [0.2, 0.25) is 0 Å². The van der Waals surface area contributed by atoms with Crippen LogP contribution in [-0.4, -0.2) is 0 Å². The average Bonchev–Trinajstić information content (AvgIpc) is 2.47. The van der Waals surface area contributed by atoms with Crippen molar-refractivity contribution in [2.24, 2.45) is 17.3 Å². The molecule has 2 unspecified atom stereocenters. The zero-order valence-electron chi connectivity index (χ0n) is 7.19. The molecule has 2 fully saturated rings. The molecular formula is C10H18. The molecule has 2 saturated carbocycles. The molecule has 0 nitrogen and oxygen atoms in total. The Hall–Kier alpha value is 0. The minimum Gasteiger partial charge on any atom is -0.0594 e. The van der Waals surface area contributed by atoms with E-state index in [4.69, 9.17) is 0 Å². The van der Waals surface area contributed by atoms with Gasteiger partial charge in [0.1, 0.15) is 0 Å². The molecule has 0 heterocycles. The Kier molecular flexibility index (Phi) is 1.33. The lowest BCUT2D eigenvalue weighted by Crippen LogP contribution is -1.93. The Morgan fingerprint density at radius 2 is 1.40 bits per heavy atom. The van der Waals surface area contributed by atoms with Gasteiger partial charge < -0.3 is 0 Å². The number of rotatable bonds is 0. The van der Waals surface area contributed by atoms with Crippen molar-refractivity contribution in [3.63, 3.8) is 0 Å². The molecule has 0 N–H and O–H groups in total. The standard InChI is InChI=1S/C10H18/c1-10(2)8-6-4-3-5-7-9(8)10/h8-9H,3-7H2,1-2H3. The second-order valence-corrected chi connectivity index (χ2v) is 4.67. The number of fused-ring (bicyclic) bond motifs is 1. The third-order valence-electron chi connectivity index (χ3n) is 3.82. The zero-order valence-corrected chi connectivity index (χ0v) is 7.19. The molecule has 2 aliphatic carbocycles. The fourth-order valence-electron chi connectivity index (χ4n) is 2.91. The maximum Gasteiger partial charge on any atom is -0.0292 e. The Balaban J connectivity index is 2.01. The maximum absolute atomic E-state index is 2.45. The molecule has 2 rings (SSSR count). The molecule has 0 radical (unpaired) electrons. The fraction of sp³-hybridized carbons (Fsp3) is 1.00. The van der Waals surface area contributed by atoms with Crippen LogP contribution in [0, 0.1) is 17.3 Å². The van der Waals surface area contributed by atoms with E-state index in [1.165, 1.54) is 32.1 Å². The summed E-state index contributed by atoms with van der Waals surface area (Å²) in [5.41, 5.74) is 0.737. The third-order valence-corrected chi connectivity index (χ3v) is 3.82. The lowest BCUT2D eigenvalue weighted by Gasteiger charge is -2.04. The predicted molar refractivity (Wildman–Crippen MR) is 43.8 cm³/mol. The molecule has 2 atom stereocenters. The van der Waals surface area contributed by atoms with Gasteiger partial charge >= 0.3 is 0 Å². The summed E-state index contributed by atoms with van der Waals surface area (Å²) in [6.07, 6.45) is 7.56. The molecule has 0 saturated heterocycles. The molecule has 58 valence electrons. The van der Waals surface area contributed by atoms with Crippen LogP contribution in [0.15, 0.2) is 0 Å². The summed E-state index contributed by atoms with van der Waals surface area (Å²) in [5, 5.41) is 0. The van der Waals surface area contributed by atoms with Gasteiger partial charge in [-0.1, -0.05) is 33.1 Å².